The Morgan fingerprint density at radius 3 is 2.74 bits per heavy atom. The summed E-state index contributed by atoms with van der Waals surface area (Å²) in [5.74, 6) is 1.13. The SMILES string of the molecule is CC[C@H](NC(=O)OC(C)(C)C)C(=O)N1CC[C@H]2O[C@H]3c4cc(Cl)ccc4OC(C)(C)[C@@H]3C[C@H]2C1. The Hall–Kier alpha value is -1.99. The Bertz CT molecular complexity index is 944. The number of fused-ring (bicyclic) bond motifs is 4. The first-order valence-corrected chi connectivity index (χ1v) is 12.7. The van der Waals surface area contributed by atoms with Gasteiger partial charge in [0.2, 0.25) is 5.91 Å². The molecule has 2 amide bonds. The van der Waals surface area contributed by atoms with Crippen molar-refractivity contribution in [2.75, 3.05) is 13.1 Å². The molecule has 2 fully saturated rings. The van der Waals surface area contributed by atoms with E-state index >= 15 is 0 Å². The van der Waals surface area contributed by atoms with Crippen LogP contribution in [-0.4, -0.2) is 53.3 Å². The van der Waals surface area contributed by atoms with Gasteiger partial charge in [0.15, 0.2) is 0 Å². The predicted octanol–water partition coefficient (Wildman–Crippen LogP) is 5.11. The van der Waals surface area contributed by atoms with Crippen LogP contribution in [-0.2, 0) is 14.3 Å². The Kier molecular flexibility index (Phi) is 6.82. The van der Waals surface area contributed by atoms with Gasteiger partial charge >= 0.3 is 6.09 Å². The maximum atomic E-state index is 13.3. The van der Waals surface area contributed by atoms with Crippen LogP contribution in [0.1, 0.15) is 72.5 Å². The van der Waals surface area contributed by atoms with Crippen LogP contribution in [0.5, 0.6) is 5.75 Å². The molecule has 1 aromatic carbocycles. The minimum absolute atomic E-state index is 0.0646. The van der Waals surface area contributed by atoms with E-state index in [2.05, 4.69) is 19.2 Å². The molecule has 3 heterocycles. The second kappa shape index (κ2) is 9.23. The van der Waals surface area contributed by atoms with Crippen molar-refractivity contribution in [2.45, 2.75) is 90.3 Å². The second-order valence-corrected chi connectivity index (χ2v) is 11.7. The van der Waals surface area contributed by atoms with Gasteiger partial charge in [-0.25, -0.2) is 4.79 Å². The fraction of sp³-hybridized carbons (Fsp3) is 0.692. The number of hydrogen-bond donors (Lipinski definition) is 1. The molecular formula is C26H37ClN2O5. The topological polar surface area (TPSA) is 77.1 Å². The van der Waals surface area contributed by atoms with Crippen molar-refractivity contribution in [2.24, 2.45) is 11.8 Å². The highest BCUT2D eigenvalue weighted by atomic mass is 35.5. The number of likely N-dealkylation sites (tertiary alicyclic amines) is 1. The molecule has 8 heteroatoms. The van der Waals surface area contributed by atoms with Crippen molar-refractivity contribution >= 4 is 23.6 Å². The van der Waals surface area contributed by atoms with Crippen molar-refractivity contribution in [3.8, 4) is 5.75 Å². The number of alkyl carbamates (subject to hydrolysis) is 1. The summed E-state index contributed by atoms with van der Waals surface area (Å²) in [5, 5.41) is 3.43. The van der Waals surface area contributed by atoms with Crippen LogP contribution >= 0.6 is 11.6 Å². The van der Waals surface area contributed by atoms with Crippen LogP contribution in [0.15, 0.2) is 18.2 Å². The second-order valence-electron chi connectivity index (χ2n) is 11.3. The number of nitrogens with zero attached hydrogens (tertiary/aromatic N) is 1. The van der Waals surface area contributed by atoms with E-state index < -0.39 is 23.3 Å². The standard InChI is InChI=1S/C26H37ClN2O5/c1-7-19(28-24(31)34-25(2,3)4)23(30)29-11-10-20-15(14-29)12-18-22(32-20)17-13-16(27)8-9-21(17)33-26(18,5)6/h8-9,13,15,18-20,22H,7,10-12,14H2,1-6H3,(H,28,31)/t15-,18+,19-,20+,22-/m0/s1. The summed E-state index contributed by atoms with van der Waals surface area (Å²) in [6, 6.07) is 5.13. The lowest BCUT2D eigenvalue weighted by molar-refractivity contribution is -0.189. The van der Waals surface area contributed by atoms with Crippen LogP contribution in [0, 0.1) is 11.8 Å². The Morgan fingerprint density at radius 2 is 2.06 bits per heavy atom. The van der Waals surface area contributed by atoms with E-state index in [1.54, 1.807) is 20.8 Å². The van der Waals surface area contributed by atoms with Gasteiger partial charge < -0.3 is 24.4 Å². The number of ether oxygens (including phenoxy) is 3. The van der Waals surface area contributed by atoms with Crippen molar-refractivity contribution in [3.63, 3.8) is 0 Å². The third-order valence-corrected chi connectivity index (χ3v) is 7.40. The number of nitrogens with one attached hydrogen (secondary N) is 1. The number of piperidine rings is 1. The van der Waals surface area contributed by atoms with Crippen molar-refractivity contribution < 1.29 is 23.8 Å². The van der Waals surface area contributed by atoms with Gasteiger partial charge in [-0.2, -0.15) is 0 Å². The van der Waals surface area contributed by atoms with Gasteiger partial charge in [-0.3, -0.25) is 4.79 Å². The van der Waals surface area contributed by atoms with E-state index in [0.717, 1.165) is 24.2 Å². The number of benzene rings is 1. The molecule has 1 N–H and O–H groups in total. The first kappa shape index (κ1) is 25.1. The van der Waals surface area contributed by atoms with Gasteiger partial charge in [0, 0.05) is 35.5 Å². The third kappa shape index (κ3) is 5.15. The molecule has 4 rings (SSSR count). The minimum atomic E-state index is -0.614. The molecular weight excluding hydrogens is 456 g/mol. The molecule has 0 aromatic heterocycles. The Balaban J connectivity index is 1.45. The van der Waals surface area contributed by atoms with Crippen molar-refractivity contribution in [1.29, 1.82) is 0 Å². The van der Waals surface area contributed by atoms with Gasteiger partial charge in [-0.15, -0.1) is 0 Å². The number of carbonyl (C=O) groups is 2. The predicted molar refractivity (Wildman–Crippen MR) is 130 cm³/mol. The monoisotopic (exact) mass is 492 g/mol. The normalized spacial score (nSPS) is 28.5. The first-order valence-electron chi connectivity index (χ1n) is 12.3. The minimum Gasteiger partial charge on any atom is -0.487 e. The molecule has 188 valence electrons. The lowest BCUT2D eigenvalue weighted by atomic mass is 9.70. The van der Waals surface area contributed by atoms with Gasteiger partial charge in [-0.1, -0.05) is 18.5 Å². The van der Waals surface area contributed by atoms with Crippen LogP contribution in [0.2, 0.25) is 5.02 Å². The zero-order valence-electron chi connectivity index (χ0n) is 21.0. The summed E-state index contributed by atoms with van der Waals surface area (Å²) in [4.78, 5) is 27.4. The average Bonchev–Trinajstić information content (AvgIpc) is 2.75. The highest BCUT2D eigenvalue weighted by Crippen LogP contribution is 2.53. The number of rotatable bonds is 3. The quantitative estimate of drug-likeness (QED) is 0.634. The lowest BCUT2D eigenvalue weighted by Crippen LogP contribution is -2.58. The van der Waals surface area contributed by atoms with Crippen LogP contribution < -0.4 is 10.1 Å². The molecule has 0 aliphatic carbocycles. The molecule has 3 aliphatic rings. The van der Waals surface area contributed by atoms with Gasteiger partial charge in [-0.05, 0) is 72.1 Å². The third-order valence-electron chi connectivity index (χ3n) is 7.16. The Morgan fingerprint density at radius 1 is 1.32 bits per heavy atom. The van der Waals surface area contributed by atoms with E-state index in [0.29, 0.717) is 24.5 Å². The zero-order valence-corrected chi connectivity index (χ0v) is 21.8. The first-order chi connectivity index (χ1) is 15.9. The number of halogens is 1. The van der Waals surface area contributed by atoms with E-state index in [-0.39, 0.29) is 30.0 Å². The molecule has 2 saturated heterocycles. The van der Waals surface area contributed by atoms with Gasteiger partial charge in [0.05, 0.1) is 12.2 Å². The van der Waals surface area contributed by atoms with Crippen LogP contribution in [0.25, 0.3) is 0 Å². The fourth-order valence-electron chi connectivity index (χ4n) is 5.49. The molecule has 0 spiro atoms. The van der Waals surface area contributed by atoms with Gasteiger partial charge in [0.1, 0.15) is 23.0 Å². The fourth-order valence-corrected chi connectivity index (χ4v) is 5.67. The summed E-state index contributed by atoms with van der Waals surface area (Å²) >= 11 is 6.29. The summed E-state index contributed by atoms with van der Waals surface area (Å²) in [5.41, 5.74) is 0.00569. The summed E-state index contributed by atoms with van der Waals surface area (Å²) < 4.78 is 18.4. The van der Waals surface area contributed by atoms with E-state index in [1.165, 1.54) is 0 Å². The molecule has 0 radical (unpaired) electrons. The van der Waals surface area contributed by atoms with Crippen molar-refractivity contribution in [1.82, 2.24) is 10.2 Å². The van der Waals surface area contributed by atoms with E-state index in [9.17, 15) is 9.59 Å². The maximum Gasteiger partial charge on any atom is 0.408 e. The molecule has 3 aliphatic heterocycles. The molecule has 0 bridgehead atoms. The summed E-state index contributed by atoms with van der Waals surface area (Å²) in [7, 11) is 0. The van der Waals surface area contributed by atoms with E-state index in [1.807, 2.05) is 30.0 Å². The summed E-state index contributed by atoms with van der Waals surface area (Å²) in [6.07, 6.45) is 1.60. The maximum absolute atomic E-state index is 13.3. The molecule has 1 aromatic rings. The molecule has 5 atom stereocenters. The molecule has 7 nitrogen and oxygen atoms in total. The molecule has 0 unspecified atom stereocenters. The number of hydrogen-bond acceptors (Lipinski definition) is 5. The number of carbonyl (C=O) groups excluding carboxylic acids is 2. The highest BCUT2D eigenvalue weighted by molar-refractivity contribution is 6.30. The summed E-state index contributed by atoms with van der Waals surface area (Å²) in [6.45, 7) is 12.7. The molecule has 0 saturated carbocycles. The molecule has 34 heavy (non-hydrogen) atoms. The average molecular weight is 493 g/mol. The van der Waals surface area contributed by atoms with Crippen molar-refractivity contribution in [3.05, 3.63) is 28.8 Å². The highest BCUT2D eigenvalue weighted by Gasteiger charge is 2.51. The lowest BCUT2D eigenvalue weighted by Gasteiger charge is -2.53. The number of amides is 2. The van der Waals surface area contributed by atoms with Gasteiger partial charge in [0.25, 0.3) is 0 Å². The smallest absolute Gasteiger partial charge is 0.408 e. The largest absolute Gasteiger partial charge is 0.487 e. The van der Waals surface area contributed by atoms with Crippen LogP contribution in [0.3, 0.4) is 0 Å². The zero-order chi connectivity index (χ0) is 24.8. The van der Waals surface area contributed by atoms with Crippen LogP contribution in [0.4, 0.5) is 4.79 Å². The Labute approximate surface area is 207 Å². The van der Waals surface area contributed by atoms with E-state index in [4.69, 9.17) is 25.8 Å².